The fraction of sp³-hybridized carbons (Fsp3) is 0.231. The first-order valence-corrected chi connectivity index (χ1v) is 8.48. The standard InChI is InChI=1S/C13H17N3O2S2/c1-15-20(17,18)11-4-5-13(12(14)9-11)16-7-6-10-3-2-8-19-10/h2-5,8-9,15-16H,6-7,14H2,1H3. The van der Waals surface area contributed by atoms with Gasteiger partial charge in [0.1, 0.15) is 0 Å². The number of nitrogen functional groups attached to an aromatic ring is 1. The van der Waals surface area contributed by atoms with E-state index in [1.165, 1.54) is 24.1 Å². The molecule has 7 heteroatoms. The van der Waals surface area contributed by atoms with Crippen molar-refractivity contribution in [3.63, 3.8) is 0 Å². The lowest BCUT2D eigenvalue weighted by Crippen LogP contribution is -2.19. The topological polar surface area (TPSA) is 84.2 Å². The van der Waals surface area contributed by atoms with Gasteiger partial charge in [-0.25, -0.2) is 13.1 Å². The average molecular weight is 311 g/mol. The number of sulfonamides is 1. The van der Waals surface area contributed by atoms with Crippen molar-refractivity contribution >= 4 is 32.7 Å². The molecular weight excluding hydrogens is 294 g/mol. The molecule has 0 saturated heterocycles. The minimum Gasteiger partial charge on any atom is -0.397 e. The van der Waals surface area contributed by atoms with E-state index in [0.717, 1.165) is 18.7 Å². The summed E-state index contributed by atoms with van der Waals surface area (Å²) in [6, 6.07) is 8.78. The molecule has 0 saturated carbocycles. The molecule has 0 aliphatic carbocycles. The van der Waals surface area contributed by atoms with Crippen molar-refractivity contribution in [1.29, 1.82) is 0 Å². The molecule has 0 bridgehead atoms. The van der Waals surface area contributed by atoms with Crippen molar-refractivity contribution < 1.29 is 8.42 Å². The second-order valence-corrected chi connectivity index (χ2v) is 7.13. The molecule has 1 aromatic carbocycles. The highest BCUT2D eigenvalue weighted by molar-refractivity contribution is 7.89. The molecule has 0 aliphatic rings. The number of nitrogens with two attached hydrogens (primary N) is 1. The lowest BCUT2D eigenvalue weighted by atomic mass is 10.2. The normalized spacial score (nSPS) is 11.4. The van der Waals surface area contributed by atoms with Gasteiger partial charge in [-0.15, -0.1) is 11.3 Å². The van der Waals surface area contributed by atoms with Crippen LogP contribution in [0.1, 0.15) is 4.88 Å². The number of hydrogen-bond donors (Lipinski definition) is 3. The first-order valence-electron chi connectivity index (χ1n) is 6.12. The lowest BCUT2D eigenvalue weighted by Gasteiger charge is -2.10. The van der Waals surface area contributed by atoms with Crippen molar-refractivity contribution in [2.45, 2.75) is 11.3 Å². The number of hydrogen-bond acceptors (Lipinski definition) is 5. The summed E-state index contributed by atoms with van der Waals surface area (Å²) in [6.07, 6.45) is 0.910. The Kier molecular flexibility index (Phi) is 4.64. The van der Waals surface area contributed by atoms with Crippen LogP contribution in [0, 0.1) is 0 Å². The van der Waals surface area contributed by atoms with Gasteiger partial charge in [0.2, 0.25) is 10.0 Å². The molecular formula is C13H17N3O2S2. The number of thiophene rings is 1. The highest BCUT2D eigenvalue weighted by Gasteiger charge is 2.12. The molecule has 5 nitrogen and oxygen atoms in total. The molecule has 2 rings (SSSR count). The smallest absolute Gasteiger partial charge is 0.240 e. The summed E-state index contributed by atoms with van der Waals surface area (Å²) in [5, 5.41) is 5.26. The van der Waals surface area contributed by atoms with E-state index in [9.17, 15) is 8.42 Å². The number of nitrogens with one attached hydrogen (secondary N) is 2. The van der Waals surface area contributed by atoms with Gasteiger partial charge in [-0.3, -0.25) is 0 Å². The van der Waals surface area contributed by atoms with E-state index in [1.807, 2.05) is 11.4 Å². The third-order valence-electron chi connectivity index (χ3n) is 2.87. The third-order valence-corrected chi connectivity index (χ3v) is 5.22. The minimum atomic E-state index is -3.45. The Morgan fingerprint density at radius 2 is 2.10 bits per heavy atom. The summed E-state index contributed by atoms with van der Waals surface area (Å²) in [5.74, 6) is 0. The Bertz CT molecular complexity index is 667. The fourth-order valence-electron chi connectivity index (χ4n) is 1.76. The molecule has 0 spiro atoms. The summed E-state index contributed by atoms with van der Waals surface area (Å²) in [6.45, 7) is 0.753. The molecule has 0 atom stereocenters. The van der Waals surface area contributed by atoms with Gasteiger partial charge in [-0.05, 0) is 43.1 Å². The van der Waals surface area contributed by atoms with Gasteiger partial charge in [-0.2, -0.15) is 0 Å². The second-order valence-electron chi connectivity index (χ2n) is 4.21. The Balaban J connectivity index is 2.03. The number of benzene rings is 1. The Morgan fingerprint density at radius 3 is 2.70 bits per heavy atom. The molecule has 2 aromatic rings. The molecule has 0 aliphatic heterocycles. The molecule has 0 fully saturated rings. The van der Waals surface area contributed by atoms with E-state index in [0.29, 0.717) is 5.69 Å². The maximum atomic E-state index is 11.6. The summed E-state index contributed by atoms with van der Waals surface area (Å²) < 4.78 is 25.6. The van der Waals surface area contributed by atoms with Crippen molar-refractivity contribution in [3.8, 4) is 0 Å². The van der Waals surface area contributed by atoms with Gasteiger partial charge >= 0.3 is 0 Å². The predicted molar refractivity (Wildman–Crippen MR) is 83.6 cm³/mol. The lowest BCUT2D eigenvalue weighted by molar-refractivity contribution is 0.588. The monoisotopic (exact) mass is 311 g/mol. The molecule has 0 amide bonds. The molecule has 108 valence electrons. The van der Waals surface area contributed by atoms with Crippen LogP contribution in [-0.2, 0) is 16.4 Å². The van der Waals surface area contributed by atoms with E-state index in [2.05, 4.69) is 16.1 Å². The molecule has 1 heterocycles. The van der Waals surface area contributed by atoms with Crippen LogP contribution in [-0.4, -0.2) is 22.0 Å². The van der Waals surface area contributed by atoms with Crippen LogP contribution in [0.2, 0.25) is 0 Å². The van der Waals surface area contributed by atoms with Gasteiger partial charge in [-0.1, -0.05) is 6.07 Å². The van der Waals surface area contributed by atoms with Crippen LogP contribution in [0.25, 0.3) is 0 Å². The Hall–Kier alpha value is -1.57. The van der Waals surface area contributed by atoms with Gasteiger partial charge in [0.05, 0.1) is 16.3 Å². The molecule has 20 heavy (non-hydrogen) atoms. The Morgan fingerprint density at radius 1 is 1.30 bits per heavy atom. The molecule has 4 N–H and O–H groups in total. The van der Waals surface area contributed by atoms with Crippen molar-refractivity contribution in [2.75, 3.05) is 24.6 Å². The molecule has 1 aromatic heterocycles. The van der Waals surface area contributed by atoms with E-state index >= 15 is 0 Å². The number of anilines is 2. The highest BCUT2D eigenvalue weighted by atomic mass is 32.2. The summed E-state index contributed by atoms with van der Waals surface area (Å²) in [5.41, 5.74) is 7.05. The van der Waals surface area contributed by atoms with Crippen LogP contribution in [0.4, 0.5) is 11.4 Å². The minimum absolute atomic E-state index is 0.168. The van der Waals surface area contributed by atoms with Crippen LogP contribution in [0.3, 0.4) is 0 Å². The third kappa shape index (κ3) is 3.50. The van der Waals surface area contributed by atoms with E-state index < -0.39 is 10.0 Å². The quantitative estimate of drug-likeness (QED) is 0.711. The van der Waals surface area contributed by atoms with E-state index in [4.69, 9.17) is 5.73 Å². The van der Waals surface area contributed by atoms with Crippen molar-refractivity contribution in [1.82, 2.24) is 4.72 Å². The maximum absolute atomic E-state index is 11.6. The van der Waals surface area contributed by atoms with Gasteiger partial charge in [0, 0.05) is 11.4 Å². The van der Waals surface area contributed by atoms with Gasteiger partial charge < -0.3 is 11.1 Å². The highest BCUT2D eigenvalue weighted by Crippen LogP contribution is 2.22. The van der Waals surface area contributed by atoms with Crippen molar-refractivity contribution in [2.24, 2.45) is 0 Å². The van der Waals surface area contributed by atoms with Crippen LogP contribution < -0.4 is 15.8 Å². The maximum Gasteiger partial charge on any atom is 0.240 e. The van der Waals surface area contributed by atoms with E-state index in [-0.39, 0.29) is 4.90 Å². The second kappa shape index (κ2) is 6.25. The van der Waals surface area contributed by atoms with Crippen molar-refractivity contribution in [3.05, 3.63) is 40.6 Å². The largest absolute Gasteiger partial charge is 0.397 e. The van der Waals surface area contributed by atoms with Crippen LogP contribution in [0.15, 0.2) is 40.6 Å². The summed E-state index contributed by atoms with van der Waals surface area (Å²) in [4.78, 5) is 1.46. The van der Waals surface area contributed by atoms with Crippen LogP contribution >= 0.6 is 11.3 Å². The SMILES string of the molecule is CNS(=O)(=O)c1ccc(NCCc2cccs2)c(N)c1. The van der Waals surface area contributed by atoms with Gasteiger partial charge in [0.25, 0.3) is 0 Å². The zero-order valence-corrected chi connectivity index (χ0v) is 12.7. The van der Waals surface area contributed by atoms with Gasteiger partial charge in [0.15, 0.2) is 0 Å². The zero-order chi connectivity index (χ0) is 14.6. The number of rotatable bonds is 6. The fourth-order valence-corrected chi connectivity index (χ4v) is 3.24. The predicted octanol–water partition coefficient (Wildman–Crippen LogP) is 1.89. The van der Waals surface area contributed by atoms with Crippen LogP contribution in [0.5, 0.6) is 0 Å². The molecule has 0 unspecified atom stereocenters. The summed E-state index contributed by atoms with van der Waals surface area (Å²) in [7, 11) is -2.08. The zero-order valence-electron chi connectivity index (χ0n) is 11.1. The molecule has 0 radical (unpaired) electrons. The summed E-state index contributed by atoms with van der Waals surface area (Å²) >= 11 is 1.71. The Labute approximate surface area is 122 Å². The average Bonchev–Trinajstić information content (AvgIpc) is 2.93. The first kappa shape index (κ1) is 14.8. The first-order chi connectivity index (χ1) is 9.53. The van der Waals surface area contributed by atoms with E-state index in [1.54, 1.807) is 17.4 Å².